The second-order valence-corrected chi connectivity index (χ2v) is 5.84. The number of hydrogen-bond donors (Lipinski definition) is 2. The molecule has 0 radical (unpaired) electrons. The minimum absolute atomic E-state index is 0.0468. The lowest BCUT2D eigenvalue weighted by molar-refractivity contribution is -0.384. The number of amides is 2. The van der Waals surface area contributed by atoms with Gasteiger partial charge in [0.05, 0.1) is 4.92 Å². The summed E-state index contributed by atoms with van der Waals surface area (Å²) < 4.78 is 0. The minimum Gasteiger partial charge on any atom is -0.351 e. The molecule has 0 aliphatic rings. The average Bonchev–Trinajstić information content (AvgIpc) is 2.68. The molecule has 0 spiro atoms. The topological polar surface area (TPSA) is 101 Å². The zero-order valence-electron chi connectivity index (χ0n) is 15.0. The molecule has 2 aromatic carbocycles. The van der Waals surface area contributed by atoms with E-state index in [9.17, 15) is 19.7 Å². The summed E-state index contributed by atoms with van der Waals surface area (Å²) in [5.74, 6) is -0.819. The van der Waals surface area contributed by atoms with E-state index in [0.29, 0.717) is 17.7 Å². The van der Waals surface area contributed by atoms with Crippen molar-refractivity contribution in [2.24, 2.45) is 0 Å². The van der Waals surface area contributed by atoms with Crippen LogP contribution in [0, 0.1) is 10.1 Å². The maximum absolute atomic E-state index is 12.5. The number of nitrogens with one attached hydrogen (secondary N) is 2. The van der Waals surface area contributed by atoms with Crippen LogP contribution in [0.25, 0.3) is 6.08 Å². The van der Waals surface area contributed by atoms with Crippen LogP contribution in [-0.2, 0) is 4.79 Å². The fourth-order valence-electron chi connectivity index (χ4n) is 2.28. The van der Waals surface area contributed by atoms with Crippen molar-refractivity contribution in [2.75, 3.05) is 6.54 Å². The predicted molar refractivity (Wildman–Crippen MR) is 103 cm³/mol. The molecular weight excluding hydrogens is 346 g/mol. The van der Waals surface area contributed by atoms with Gasteiger partial charge >= 0.3 is 0 Å². The Morgan fingerprint density at radius 3 is 2.33 bits per heavy atom. The van der Waals surface area contributed by atoms with Crippen molar-refractivity contribution in [3.8, 4) is 0 Å². The maximum Gasteiger partial charge on any atom is 0.269 e. The van der Waals surface area contributed by atoms with Gasteiger partial charge in [-0.3, -0.25) is 19.7 Å². The van der Waals surface area contributed by atoms with Crippen molar-refractivity contribution in [2.45, 2.75) is 19.8 Å². The molecule has 0 unspecified atom stereocenters. The van der Waals surface area contributed by atoms with E-state index < -0.39 is 16.7 Å². The van der Waals surface area contributed by atoms with Gasteiger partial charge in [-0.05, 0) is 42.3 Å². The highest BCUT2D eigenvalue weighted by molar-refractivity contribution is 6.05. The summed E-state index contributed by atoms with van der Waals surface area (Å²) in [6, 6.07) is 14.3. The van der Waals surface area contributed by atoms with Crippen molar-refractivity contribution in [1.82, 2.24) is 10.6 Å². The molecule has 0 saturated heterocycles. The molecule has 2 amide bonds. The number of non-ortho nitro benzene ring substituents is 1. The van der Waals surface area contributed by atoms with Gasteiger partial charge in [0.2, 0.25) is 0 Å². The predicted octanol–water partition coefficient (Wildman–Crippen LogP) is 3.28. The summed E-state index contributed by atoms with van der Waals surface area (Å²) in [5.41, 5.74) is 1.02. The van der Waals surface area contributed by atoms with Crippen molar-refractivity contribution >= 4 is 23.6 Å². The third-order valence-corrected chi connectivity index (χ3v) is 3.76. The van der Waals surface area contributed by atoms with E-state index in [1.165, 1.54) is 30.3 Å². The van der Waals surface area contributed by atoms with Crippen LogP contribution in [0.2, 0.25) is 0 Å². The van der Waals surface area contributed by atoms with Gasteiger partial charge in [-0.2, -0.15) is 0 Å². The second kappa shape index (κ2) is 9.86. The van der Waals surface area contributed by atoms with Crippen molar-refractivity contribution in [3.63, 3.8) is 0 Å². The highest BCUT2D eigenvalue weighted by Gasteiger charge is 2.14. The first-order valence-corrected chi connectivity index (χ1v) is 8.62. The lowest BCUT2D eigenvalue weighted by Gasteiger charge is -2.11. The Morgan fingerprint density at radius 2 is 1.74 bits per heavy atom. The molecule has 0 aliphatic heterocycles. The SMILES string of the molecule is CCCCNC(=O)/C(=C/c1ccc([N+](=O)[O-])cc1)NC(=O)c1ccccc1. The van der Waals surface area contributed by atoms with Gasteiger partial charge in [0, 0.05) is 24.2 Å². The van der Waals surface area contributed by atoms with Crippen molar-refractivity contribution in [1.29, 1.82) is 0 Å². The van der Waals surface area contributed by atoms with E-state index in [4.69, 9.17) is 0 Å². The first-order chi connectivity index (χ1) is 13.0. The molecule has 2 N–H and O–H groups in total. The molecule has 7 nitrogen and oxygen atoms in total. The third kappa shape index (κ3) is 6.07. The Labute approximate surface area is 157 Å². The van der Waals surface area contributed by atoms with E-state index in [0.717, 1.165) is 12.8 Å². The monoisotopic (exact) mass is 367 g/mol. The number of nitro groups is 1. The highest BCUT2D eigenvalue weighted by Crippen LogP contribution is 2.14. The summed E-state index contributed by atoms with van der Waals surface area (Å²) in [6.07, 6.45) is 3.24. The van der Waals surface area contributed by atoms with Crippen LogP contribution in [-0.4, -0.2) is 23.3 Å². The van der Waals surface area contributed by atoms with Crippen LogP contribution in [0.1, 0.15) is 35.7 Å². The van der Waals surface area contributed by atoms with Gasteiger partial charge in [-0.25, -0.2) is 0 Å². The smallest absolute Gasteiger partial charge is 0.269 e. The summed E-state index contributed by atoms with van der Waals surface area (Å²) in [5, 5.41) is 16.1. The number of carbonyl (C=O) groups is 2. The molecule has 0 heterocycles. The first kappa shape index (κ1) is 19.8. The van der Waals surface area contributed by atoms with Gasteiger partial charge in [0.25, 0.3) is 17.5 Å². The first-order valence-electron chi connectivity index (χ1n) is 8.62. The molecule has 0 atom stereocenters. The lowest BCUT2D eigenvalue weighted by atomic mass is 10.1. The van der Waals surface area contributed by atoms with Crippen molar-refractivity contribution in [3.05, 3.63) is 81.5 Å². The Balaban J connectivity index is 2.24. The van der Waals surface area contributed by atoms with Gasteiger partial charge in [-0.15, -0.1) is 0 Å². The standard InChI is InChI=1S/C20H21N3O4/c1-2-3-13-21-20(25)18(22-19(24)16-7-5-4-6-8-16)14-15-9-11-17(12-10-15)23(26)27/h4-12,14H,2-3,13H2,1H3,(H,21,25)(H,22,24)/b18-14-. The summed E-state index contributed by atoms with van der Waals surface area (Å²) in [4.78, 5) is 35.1. The molecule has 0 aromatic heterocycles. The Hall–Kier alpha value is -3.48. The molecule has 2 aromatic rings. The molecule has 0 saturated carbocycles. The minimum atomic E-state index is -0.497. The molecule has 0 fully saturated rings. The van der Waals surface area contributed by atoms with Crippen LogP contribution < -0.4 is 10.6 Å². The molecule has 0 bridgehead atoms. The summed E-state index contributed by atoms with van der Waals surface area (Å²) in [6.45, 7) is 2.51. The largest absolute Gasteiger partial charge is 0.351 e. The quantitative estimate of drug-likeness (QED) is 0.323. The maximum atomic E-state index is 12.5. The molecule has 27 heavy (non-hydrogen) atoms. The number of hydrogen-bond acceptors (Lipinski definition) is 4. The number of nitro benzene ring substituents is 1. The van der Waals surface area contributed by atoms with Crippen LogP contribution in [0.5, 0.6) is 0 Å². The highest BCUT2D eigenvalue weighted by atomic mass is 16.6. The summed E-state index contributed by atoms with van der Waals surface area (Å²) >= 11 is 0. The third-order valence-electron chi connectivity index (χ3n) is 3.76. The number of nitrogens with zero attached hydrogens (tertiary/aromatic N) is 1. The fourth-order valence-corrected chi connectivity index (χ4v) is 2.28. The molecule has 2 rings (SSSR count). The van der Waals surface area contributed by atoms with Crippen LogP contribution in [0.15, 0.2) is 60.3 Å². The average molecular weight is 367 g/mol. The number of rotatable bonds is 8. The number of carbonyl (C=O) groups excluding carboxylic acids is 2. The van der Waals surface area contributed by atoms with Gasteiger partial charge in [-0.1, -0.05) is 31.5 Å². The van der Waals surface area contributed by atoms with E-state index in [2.05, 4.69) is 10.6 Å². The number of unbranched alkanes of at least 4 members (excludes halogenated alkanes) is 1. The van der Waals surface area contributed by atoms with E-state index >= 15 is 0 Å². The molecule has 7 heteroatoms. The van der Waals surface area contributed by atoms with Gasteiger partial charge in [0.15, 0.2) is 0 Å². The van der Waals surface area contributed by atoms with Crippen molar-refractivity contribution < 1.29 is 14.5 Å². The fraction of sp³-hybridized carbons (Fsp3) is 0.200. The van der Waals surface area contributed by atoms with E-state index in [1.54, 1.807) is 30.3 Å². The second-order valence-electron chi connectivity index (χ2n) is 5.84. The van der Waals surface area contributed by atoms with Gasteiger partial charge in [0.1, 0.15) is 5.70 Å². The molecular formula is C20H21N3O4. The molecule has 0 aliphatic carbocycles. The van der Waals surface area contributed by atoms with Crippen LogP contribution >= 0.6 is 0 Å². The zero-order chi connectivity index (χ0) is 19.6. The molecule has 140 valence electrons. The lowest BCUT2D eigenvalue weighted by Crippen LogP contribution is -2.35. The van der Waals surface area contributed by atoms with Crippen LogP contribution in [0.4, 0.5) is 5.69 Å². The van der Waals surface area contributed by atoms with E-state index in [-0.39, 0.29) is 11.4 Å². The Morgan fingerprint density at radius 1 is 1.07 bits per heavy atom. The van der Waals surface area contributed by atoms with Gasteiger partial charge < -0.3 is 10.6 Å². The normalized spacial score (nSPS) is 10.9. The Kier molecular flexibility index (Phi) is 7.25. The summed E-state index contributed by atoms with van der Waals surface area (Å²) in [7, 11) is 0. The van der Waals surface area contributed by atoms with E-state index in [1.807, 2.05) is 6.92 Å². The zero-order valence-corrected chi connectivity index (χ0v) is 15.0. The Bertz CT molecular complexity index is 830. The number of benzene rings is 2. The van der Waals surface area contributed by atoms with Crippen LogP contribution in [0.3, 0.4) is 0 Å².